The first-order chi connectivity index (χ1) is 9.08. The minimum absolute atomic E-state index is 0.148. The smallest absolute Gasteiger partial charge is 0.293 e. The predicted molar refractivity (Wildman–Crippen MR) is 86.7 cm³/mol. The Kier molecular flexibility index (Phi) is 7.07. The molecule has 19 heavy (non-hydrogen) atoms. The number of halogens is 1. The number of nitro benzene ring substituents is 1. The topological polar surface area (TPSA) is 58.4 Å². The molecule has 0 unspecified atom stereocenters. The Morgan fingerprint density at radius 3 is 2.63 bits per heavy atom. The normalized spacial score (nSPS) is 10.7. The van der Waals surface area contributed by atoms with E-state index in [9.17, 15) is 10.1 Å². The van der Waals surface area contributed by atoms with Crippen LogP contribution in [-0.2, 0) is 0 Å². The Hall–Kier alpha value is -0.890. The van der Waals surface area contributed by atoms with E-state index in [-0.39, 0.29) is 10.6 Å². The molecule has 0 spiro atoms. The van der Waals surface area contributed by atoms with Crippen molar-refractivity contribution in [2.45, 2.75) is 20.3 Å². The van der Waals surface area contributed by atoms with Crippen LogP contribution in [0.2, 0.25) is 0 Å². The minimum atomic E-state index is -0.338. The molecule has 1 N–H and O–H groups in total. The van der Waals surface area contributed by atoms with Gasteiger partial charge in [0.05, 0.1) is 4.92 Å². The van der Waals surface area contributed by atoms with Crippen LogP contribution in [0.3, 0.4) is 0 Å². The van der Waals surface area contributed by atoms with E-state index in [1.54, 1.807) is 12.1 Å². The van der Waals surface area contributed by atoms with Crippen molar-refractivity contribution in [3.05, 3.63) is 31.9 Å². The average Bonchev–Trinajstić information content (AvgIpc) is 2.40. The molecule has 0 radical (unpaired) electrons. The molecule has 5 nitrogen and oxygen atoms in total. The largest absolute Gasteiger partial charge is 0.379 e. The van der Waals surface area contributed by atoms with E-state index < -0.39 is 0 Å². The van der Waals surface area contributed by atoms with E-state index in [1.807, 2.05) is 6.07 Å². The van der Waals surface area contributed by atoms with Crippen molar-refractivity contribution in [1.29, 1.82) is 0 Å². The number of nitrogens with one attached hydrogen (secondary N) is 1. The fraction of sp³-hybridized carbons (Fsp3) is 0.538. The summed E-state index contributed by atoms with van der Waals surface area (Å²) in [5.74, 6) is 0. The van der Waals surface area contributed by atoms with Crippen molar-refractivity contribution < 1.29 is 4.92 Å². The molecule has 0 fully saturated rings. The van der Waals surface area contributed by atoms with Crippen LogP contribution in [-0.4, -0.2) is 36.0 Å². The average molecular weight is 377 g/mol. The Balaban J connectivity index is 2.51. The van der Waals surface area contributed by atoms with Crippen LogP contribution in [0.15, 0.2) is 18.2 Å². The van der Waals surface area contributed by atoms with Crippen LogP contribution >= 0.6 is 22.6 Å². The number of rotatable bonds is 8. The van der Waals surface area contributed by atoms with E-state index >= 15 is 0 Å². The van der Waals surface area contributed by atoms with Gasteiger partial charge in [0.15, 0.2) is 0 Å². The van der Waals surface area contributed by atoms with Gasteiger partial charge in [0.1, 0.15) is 5.69 Å². The molecule has 0 amide bonds. The second kappa shape index (κ2) is 8.31. The van der Waals surface area contributed by atoms with Gasteiger partial charge in [0.25, 0.3) is 5.69 Å². The van der Waals surface area contributed by atoms with Crippen molar-refractivity contribution in [2.75, 3.05) is 31.5 Å². The molecule has 0 bridgehead atoms. The lowest BCUT2D eigenvalue weighted by molar-refractivity contribution is -0.384. The van der Waals surface area contributed by atoms with Gasteiger partial charge in [-0.1, -0.05) is 13.8 Å². The second-order valence-corrected chi connectivity index (χ2v) is 5.47. The van der Waals surface area contributed by atoms with Crippen LogP contribution in [0.25, 0.3) is 0 Å². The molecule has 0 saturated heterocycles. The maximum atomic E-state index is 11.0. The van der Waals surface area contributed by atoms with Crippen molar-refractivity contribution in [1.82, 2.24) is 4.90 Å². The molecule has 0 aliphatic rings. The standard InChI is InChI=1S/C13H20IN3O2/c1-3-16(4-2)9-5-8-15-12-7-6-11(14)10-13(12)17(18)19/h6-7,10,15H,3-5,8-9H2,1-2H3. The fourth-order valence-corrected chi connectivity index (χ4v) is 2.35. The number of hydrogen-bond acceptors (Lipinski definition) is 4. The van der Waals surface area contributed by atoms with Crippen molar-refractivity contribution in [2.24, 2.45) is 0 Å². The van der Waals surface area contributed by atoms with Gasteiger partial charge in [-0.15, -0.1) is 0 Å². The SMILES string of the molecule is CCN(CC)CCCNc1ccc(I)cc1[N+](=O)[O-]. The molecule has 0 atom stereocenters. The van der Waals surface area contributed by atoms with Crippen molar-refractivity contribution in [3.8, 4) is 0 Å². The molecule has 0 saturated carbocycles. The van der Waals surface area contributed by atoms with Gasteiger partial charge in [-0.3, -0.25) is 10.1 Å². The summed E-state index contributed by atoms with van der Waals surface area (Å²) < 4.78 is 0.873. The van der Waals surface area contributed by atoms with Gasteiger partial charge >= 0.3 is 0 Å². The van der Waals surface area contributed by atoms with E-state index in [1.165, 1.54) is 0 Å². The molecule has 1 rings (SSSR count). The van der Waals surface area contributed by atoms with Crippen molar-refractivity contribution in [3.63, 3.8) is 0 Å². The highest BCUT2D eigenvalue weighted by molar-refractivity contribution is 14.1. The number of hydrogen-bond donors (Lipinski definition) is 1. The summed E-state index contributed by atoms with van der Waals surface area (Å²) in [6.07, 6.45) is 0.977. The molecule has 0 aromatic heterocycles. The summed E-state index contributed by atoms with van der Waals surface area (Å²) in [4.78, 5) is 13.0. The highest BCUT2D eigenvalue weighted by Crippen LogP contribution is 2.26. The minimum Gasteiger partial charge on any atom is -0.379 e. The van der Waals surface area contributed by atoms with Gasteiger partial charge in [-0.25, -0.2) is 0 Å². The molecule has 0 aliphatic heterocycles. The summed E-state index contributed by atoms with van der Waals surface area (Å²) in [6, 6.07) is 5.24. The molecule has 1 aromatic carbocycles. The molecule has 0 aliphatic carbocycles. The van der Waals surface area contributed by atoms with Crippen molar-refractivity contribution >= 4 is 34.0 Å². The lowest BCUT2D eigenvalue weighted by Gasteiger charge is -2.17. The third-order valence-electron chi connectivity index (χ3n) is 3.02. The lowest BCUT2D eigenvalue weighted by Crippen LogP contribution is -2.25. The number of anilines is 1. The number of benzene rings is 1. The van der Waals surface area contributed by atoms with Crippen LogP contribution < -0.4 is 5.32 Å². The molecule has 106 valence electrons. The Bertz CT molecular complexity index is 422. The van der Waals surface area contributed by atoms with E-state index in [4.69, 9.17) is 0 Å². The third-order valence-corrected chi connectivity index (χ3v) is 3.69. The van der Waals surface area contributed by atoms with E-state index in [0.717, 1.165) is 36.2 Å². The first kappa shape index (κ1) is 16.2. The maximum Gasteiger partial charge on any atom is 0.293 e. The molecule has 1 aromatic rings. The van der Waals surface area contributed by atoms with Crippen LogP contribution in [0.5, 0.6) is 0 Å². The Labute approximate surface area is 127 Å². The van der Waals surface area contributed by atoms with Gasteiger partial charge in [0, 0.05) is 16.2 Å². The molecule has 0 heterocycles. The molecular weight excluding hydrogens is 357 g/mol. The summed E-state index contributed by atoms with van der Waals surface area (Å²) in [7, 11) is 0. The summed E-state index contributed by atoms with van der Waals surface area (Å²) in [5.41, 5.74) is 0.750. The fourth-order valence-electron chi connectivity index (χ4n) is 1.87. The quantitative estimate of drug-likeness (QED) is 0.327. The maximum absolute atomic E-state index is 11.0. The number of nitrogens with zero attached hydrogens (tertiary/aromatic N) is 2. The van der Waals surface area contributed by atoms with Gasteiger partial charge in [-0.05, 0) is 60.8 Å². The summed E-state index contributed by atoms with van der Waals surface area (Å²) in [6.45, 7) is 8.12. The van der Waals surface area contributed by atoms with Gasteiger partial charge in [-0.2, -0.15) is 0 Å². The zero-order chi connectivity index (χ0) is 14.3. The molecule has 6 heteroatoms. The Morgan fingerprint density at radius 2 is 2.05 bits per heavy atom. The summed E-state index contributed by atoms with van der Waals surface area (Å²) in [5, 5.41) is 14.1. The van der Waals surface area contributed by atoms with Crippen LogP contribution in [0, 0.1) is 13.7 Å². The summed E-state index contributed by atoms with van der Waals surface area (Å²) >= 11 is 2.08. The second-order valence-electron chi connectivity index (χ2n) is 4.23. The van der Waals surface area contributed by atoms with Gasteiger partial charge < -0.3 is 10.2 Å². The highest BCUT2D eigenvalue weighted by atomic mass is 127. The highest BCUT2D eigenvalue weighted by Gasteiger charge is 2.13. The Morgan fingerprint density at radius 1 is 1.37 bits per heavy atom. The predicted octanol–water partition coefficient (Wildman–Crippen LogP) is 3.34. The van der Waals surface area contributed by atoms with Crippen LogP contribution in [0.4, 0.5) is 11.4 Å². The third kappa shape index (κ3) is 5.32. The van der Waals surface area contributed by atoms with Gasteiger partial charge in [0.2, 0.25) is 0 Å². The van der Waals surface area contributed by atoms with E-state index in [2.05, 4.69) is 46.7 Å². The van der Waals surface area contributed by atoms with Crippen LogP contribution in [0.1, 0.15) is 20.3 Å². The lowest BCUT2D eigenvalue weighted by atomic mass is 10.2. The van der Waals surface area contributed by atoms with E-state index in [0.29, 0.717) is 5.69 Å². The number of nitro groups is 1. The first-order valence-electron chi connectivity index (χ1n) is 6.48. The first-order valence-corrected chi connectivity index (χ1v) is 7.56. The molecular formula is C13H20IN3O2. The zero-order valence-corrected chi connectivity index (χ0v) is 13.5. The zero-order valence-electron chi connectivity index (χ0n) is 11.4. The monoisotopic (exact) mass is 377 g/mol.